The molecule has 1 aliphatic heterocycles. The Kier molecular flexibility index (Phi) is 6.03. The lowest BCUT2D eigenvalue weighted by atomic mass is 10.2. The molecule has 2 aromatic rings. The summed E-state index contributed by atoms with van der Waals surface area (Å²) < 4.78 is 5.78. The molecule has 0 radical (unpaired) electrons. The van der Waals surface area contributed by atoms with E-state index in [4.69, 9.17) is 10.00 Å². The van der Waals surface area contributed by atoms with Crippen molar-refractivity contribution in [2.45, 2.75) is 6.42 Å². The summed E-state index contributed by atoms with van der Waals surface area (Å²) in [6.45, 7) is 5.05. The second-order valence-corrected chi connectivity index (χ2v) is 6.16. The van der Waals surface area contributed by atoms with Crippen LogP contribution in [0.1, 0.15) is 17.5 Å². The van der Waals surface area contributed by atoms with E-state index in [1.807, 2.05) is 18.2 Å². The SMILES string of the molecule is N#Cc1cccc(OCCN2CCCN(c3ncccc3C#N)CC2)c1. The Labute approximate surface area is 153 Å². The number of nitriles is 2. The van der Waals surface area contributed by atoms with Gasteiger partial charge in [0.15, 0.2) is 0 Å². The first-order chi connectivity index (χ1) is 12.8. The number of benzene rings is 1. The van der Waals surface area contributed by atoms with E-state index >= 15 is 0 Å². The highest BCUT2D eigenvalue weighted by atomic mass is 16.5. The third-order valence-electron chi connectivity index (χ3n) is 4.43. The maximum absolute atomic E-state index is 9.27. The molecule has 1 aromatic heterocycles. The zero-order chi connectivity index (χ0) is 18.2. The summed E-state index contributed by atoms with van der Waals surface area (Å²) in [5.41, 5.74) is 1.23. The van der Waals surface area contributed by atoms with Crippen molar-refractivity contribution >= 4 is 5.82 Å². The summed E-state index contributed by atoms with van der Waals surface area (Å²) >= 11 is 0. The van der Waals surface area contributed by atoms with Gasteiger partial charge in [0.25, 0.3) is 0 Å². The van der Waals surface area contributed by atoms with Gasteiger partial charge >= 0.3 is 0 Å². The number of pyridine rings is 1. The summed E-state index contributed by atoms with van der Waals surface area (Å²) in [5.74, 6) is 1.51. The van der Waals surface area contributed by atoms with Crippen LogP contribution in [0.5, 0.6) is 5.75 Å². The van der Waals surface area contributed by atoms with E-state index in [1.165, 1.54) is 0 Å². The third-order valence-corrected chi connectivity index (χ3v) is 4.43. The fraction of sp³-hybridized carbons (Fsp3) is 0.350. The van der Waals surface area contributed by atoms with Crippen molar-refractivity contribution in [3.8, 4) is 17.9 Å². The highest BCUT2D eigenvalue weighted by Crippen LogP contribution is 2.18. The Balaban J connectivity index is 1.51. The number of hydrogen-bond acceptors (Lipinski definition) is 6. The normalized spacial score (nSPS) is 14.9. The zero-order valence-electron chi connectivity index (χ0n) is 14.6. The second-order valence-electron chi connectivity index (χ2n) is 6.16. The minimum absolute atomic E-state index is 0.585. The number of anilines is 1. The summed E-state index contributed by atoms with van der Waals surface area (Å²) in [5, 5.41) is 18.2. The lowest BCUT2D eigenvalue weighted by molar-refractivity contribution is 0.218. The molecule has 3 rings (SSSR count). The van der Waals surface area contributed by atoms with Crippen LogP contribution < -0.4 is 9.64 Å². The van der Waals surface area contributed by atoms with E-state index in [-0.39, 0.29) is 0 Å². The van der Waals surface area contributed by atoms with Gasteiger partial charge in [0.1, 0.15) is 24.2 Å². The van der Waals surface area contributed by atoms with Gasteiger partial charge in [0.2, 0.25) is 0 Å². The summed E-state index contributed by atoms with van der Waals surface area (Å²) in [6.07, 6.45) is 2.76. The van der Waals surface area contributed by atoms with Crippen LogP contribution in [0.4, 0.5) is 5.82 Å². The van der Waals surface area contributed by atoms with Crippen molar-refractivity contribution in [1.29, 1.82) is 10.5 Å². The zero-order valence-corrected chi connectivity index (χ0v) is 14.6. The molecule has 6 heteroatoms. The molecule has 0 aliphatic carbocycles. The largest absolute Gasteiger partial charge is 0.492 e. The van der Waals surface area contributed by atoms with Crippen molar-refractivity contribution in [3.05, 3.63) is 53.7 Å². The average molecular weight is 347 g/mol. The molecule has 0 atom stereocenters. The number of ether oxygens (including phenoxy) is 1. The average Bonchev–Trinajstić information content (AvgIpc) is 2.94. The van der Waals surface area contributed by atoms with Gasteiger partial charge in [-0.3, -0.25) is 4.90 Å². The van der Waals surface area contributed by atoms with Gasteiger partial charge in [-0.05, 0) is 36.8 Å². The van der Waals surface area contributed by atoms with Gasteiger partial charge in [0, 0.05) is 38.9 Å². The molecular weight excluding hydrogens is 326 g/mol. The van der Waals surface area contributed by atoms with E-state index in [1.54, 1.807) is 24.4 Å². The van der Waals surface area contributed by atoms with E-state index in [0.29, 0.717) is 17.7 Å². The molecule has 1 saturated heterocycles. The topological polar surface area (TPSA) is 76.2 Å². The minimum atomic E-state index is 0.585. The molecule has 1 aliphatic rings. The van der Waals surface area contributed by atoms with E-state index in [2.05, 4.69) is 26.9 Å². The second kappa shape index (κ2) is 8.84. The smallest absolute Gasteiger partial charge is 0.146 e. The molecule has 6 nitrogen and oxygen atoms in total. The molecule has 2 heterocycles. The van der Waals surface area contributed by atoms with Crippen LogP contribution in [-0.4, -0.2) is 49.2 Å². The van der Waals surface area contributed by atoms with Gasteiger partial charge in [0.05, 0.1) is 17.2 Å². The number of nitrogens with zero attached hydrogens (tertiary/aromatic N) is 5. The van der Waals surface area contributed by atoms with Crippen LogP contribution in [0.2, 0.25) is 0 Å². The van der Waals surface area contributed by atoms with Crippen molar-refractivity contribution < 1.29 is 4.74 Å². The number of hydrogen-bond donors (Lipinski definition) is 0. The minimum Gasteiger partial charge on any atom is -0.492 e. The summed E-state index contributed by atoms with van der Waals surface area (Å²) in [6, 6.07) is 15.2. The van der Waals surface area contributed by atoms with Gasteiger partial charge in [-0.15, -0.1) is 0 Å². The molecule has 26 heavy (non-hydrogen) atoms. The van der Waals surface area contributed by atoms with Crippen molar-refractivity contribution in [2.24, 2.45) is 0 Å². The van der Waals surface area contributed by atoms with E-state index < -0.39 is 0 Å². The number of rotatable bonds is 5. The summed E-state index contributed by atoms with van der Waals surface area (Å²) in [7, 11) is 0. The molecule has 1 aromatic carbocycles. The first kappa shape index (κ1) is 17.7. The first-order valence-corrected chi connectivity index (χ1v) is 8.75. The summed E-state index contributed by atoms with van der Waals surface area (Å²) in [4.78, 5) is 8.95. The Morgan fingerprint density at radius 3 is 2.81 bits per heavy atom. The fourth-order valence-electron chi connectivity index (χ4n) is 3.09. The van der Waals surface area contributed by atoms with Crippen LogP contribution in [0, 0.1) is 22.7 Å². The highest BCUT2D eigenvalue weighted by molar-refractivity contribution is 5.53. The van der Waals surface area contributed by atoms with Crippen LogP contribution in [0.15, 0.2) is 42.6 Å². The quantitative estimate of drug-likeness (QED) is 0.827. The lowest BCUT2D eigenvalue weighted by Crippen LogP contribution is -2.33. The predicted octanol–water partition coefficient (Wildman–Crippen LogP) is 2.42. The Morgan fingerprint density at radius 2 is 1.96 bits per heavy atom. The van der Waals surface area contributed by atoms with Crippen LogP contribution >= 0.6 is 0 Å². The Hall–Kier alpha value is -3.09. The maximum atomic E-state index is 9.27. The van der Waals surface area contributed by atoms with Gasteiger partial charge in [-0.25, -0.2) is 4.98 Å². The van der Waals surface area contributed by atoms with E-state index in [9.17, 15) is 5.26 Å². The van der Waals surface area contributed by atoms with E-state index in [0.717, 1.165) is 50.7 Å². The van der Waals surface area contributed by atoms with Gasteiger partial charge < -0.3 is 9.64 Å². The van der Waals surface area contributed by atoms with Crippen molar-refractivity contribution in [2.75, 3.05) is 44.2 Å². The maximum Gasteiger partial charge on any atom is 0.146 e. The number of aromatic nitrogens is 1. The molecule has 0 saturated carbocycles. The Bertz CT molecular complexity index is 823. The van der Waals surface area contributed by atoms with Gasteiger partial charge in [-0.2, -0.15) is 10.5 Å². The third kappa shape index (κ3) is 4.50. The molecule has 132 valence electrons. The van der Waals surface area contributed by atoms with Crippen LogP contribution in [-0.2, 0) is 0 Å². The lowest BCUT2D eigenvalue weighted by Gasteiger charge is -2.23. The molecule has 0 N–H and O–H groups in total. The van der Waals surface area contributed by atoms with Crippen molar-refractivity contribution in [3.63, 3.8) is 0 Å². The highest BCUT2D eigenvalue weighted by Gasteiger charge is 2.18. The molecule has 0 unspecified atom stereocenters. The van der Waals surface area contributed by atoms with Crippen molar-refractivity contribution in [1.82, 2.24) is 9.88 Å². The monoisotopic (exact) mass is 347 g/mol. The van der Waals surface area contributed by atoms with Crippen LogP contribution in [0.25, 0.3) is 0 Å². The van der Waals surface area contributed by atoms with Crippen LogP contribution in [0.3, 0.4) is 0 Å². The fourth-order valence-corrected chi connectivity index (χ4v) is 3.09. The standard InChI is InChI=1S/C20H21N5O/c21-15-17-4-1-6-19(14-17)26-13-12-24-8-3-9-25(11-10-24)20-18(16-22)5-2-7-23-20/h1-2,4-7,14H,3,8-13H2. The first-order valence-electron chi connectivity index (χ1n) is 8.75. The molecule has 0 amide bonds. The molecule has 0 bridgehead atoms. The Morgan fingerprint density at radius 1 is 1.04 bits per heavy atom. The molecule has 0 spiro atoms. The molecular formula is C20H21N5O. The van der Waals surface area contributed by atoms with Gasteiger partial charge in [-0.1, -0.05) is 6.07 Å². The molecule has 1 fully saturated rings. The predicted molar refractivity (Wildman–Crippen MR) is 98.9 cm³/mol.